The summed E-state index contributed by atoms with van der Waals surface area (Å²) in [5.41, 5.74) is 9.26. The predicted molar refractivity (Wildman–Crippen MR) is 99.2 cm³/mol. The van der Waals surface area contributed by atoms with Gasteiger partial charge >= 0.3 is 0 Å². The first-order valence-corrected chi connectivity index (χ1v) is 8.91. The number of hydrogen-bond donors (Lipinski definition) is 0. The van der Waals surface area contributed by atoms with Crippen molar-refractivity contribution in [3.05, 3.63) is 58.9 Å². The SMILES string of the molecule is Cc1cc(C)c(C)c(-c2c3cccc(C4CCC4)c3nc[n+]2C)c1. The second-order valence-corrected chi connectivity index (χ2v) is 7.33. The molecule has 1 aliphatic rings. The van der Waals surface area contributed by atoms with E-state index in [9.17, 15) is 0 Å². The van der Waals surface area contributed by atoms with Gasteiger partial charge in [-0.1, -0.05) is 30.2 Å². The van der Waals surface area contributed by atoms with Gasteiger partial charge in [0.05, 0.1) is 12.4 Å². The normalized spacial score (nSPS) is 14.8. The Kier molecular flexibility index (Phi) is 3.64. The zero-order chi connectivity index (χ0) is 16.8. The number of hydrogen-bond acceptors (Lipinski definition) is 1. The van der Waals surface area contributed by atoms with Crippen LogP contribution >= 0.6 is 0 Å². The molecule has 0 atom stereocenters. The first kappa shape index (κ1) is 15.3. The Hall–Kier alpha value is -2.22. The fourth-order valence-electron chi connectivity index (χ4n) is 3.96. The average Bonchev–Trinajstić information content (AvgIpc) is 2.50. The van der Waals surface area contributed by atoms with Crippen molar-refractivity contribution in [1.29, 1.82) is 0 Å². The Morgan fingerprint density at radius 1 is 1.08 bits per heavy atom. The van der Waals surface area contributed by atoms with Gasteiger partial charge < -0.3 is 0 Å². The lowest BCUT2D eigenvalue weighted by Crippen LogP contribution is -2.32. The number of para-hydroxylation sites is 1. The average molecular weight is 317 g/mol. The summed E-state index contributed by atoms with van der Waals surface area (Å²) in [7, 11) is 2.11. The number of fused-ring (bicyclic) bond motifs is 1. The van der Waals surface area contributed by atoms with E-state index in [0.717, 1.165) is 0 Å². The summed E-state index contributed by atoms with van der Waals surface area (Å²) in [4.78, 5) is 4.81. The molecule has 122 valence electrons. The van der Waals surface area contributed by atoms with E-state index in [2.05, 4.69) is 62.7 Å². The van der Waals surface area contributed by atoms with E-state index < -0.39 is 0 Å². The molecule has 2 aromatic carbocycles. The van der Waals surface area contributed by atoms with Crippen molar-refractivity contribution < 1.29 is 4.57 Å². The Bertz CT molecular complexity index is 936. The zero-order valence-corrected chi connectivity index (χ0v) is 15.1. The van der Waals surface area contributed by atoms with Gasteiger partial charge in [-0.3, -0.25) is 0 Å². The molecule has 0 spiro atoms. The molecule has 0 bridgehead atoms. The van der Waals surface area contributed by atoms with Crippen LogP contribution in [0.1, 0.15) is 47.4 Å². The molecule has 0 radical (unpaired) electrons. The maximum absolute atomic E-state index is 4.81. The van der Waals surface area contributed by atoms with Crippen molar-refractivity contribution in [3.63, 3.8) is 0 Å². The highest BCUT2D eigenvalue weighted by atomic mass is 15.0. The second-order valence-electron chi connectivity index (χ2n) is 7.33. The first-order chi connectivity index (χ1) is 11.6. The molecule has 0 saturated heterocycles. The number of nitrogens with zero attached hydrogens (tertiary/aromatic N) is 2. The van der Waals surface area contributed by atoms with Crippen LogP contribution in [0, 0.1) is 20.8 Å². The monoisotopic (exact) mass is 317 g/mol. The van der Waals surface area contributed by atoms with E-state index >= 15 is 0 Å². The number of benzene rings is 2. The van der Waals surface area contributed by atoms with Crippen LogP contribution in [0.2, 0.25) is 0 Å². The lowest BCUT2D eigenvalue weighted by Gasteiger charge is -2.25. The molecular formula is C22H25N2+. The van der Waals surface area contributed by atoms with Crippen LogP contribution in [-0.4, -0.2) is 4.98 Å². The summed E-state index contributed by atoms with van der Waals surface area (Å²) in [6, 6.07) is 11.3. The van der Waals surface area contributed by atoms with Gasteiger partial charge in [0, 0.05) is 11.1 Å². The van der Waals surface area contributed by atoms with Crippen molar-refractivity contribution in [2.75, 3.05) is 0 Å². The summed E-state index contributed by atoms with van der Waals surface area (Å²) in [5, 5.41) is 1.28. The minimum Gasteiger partial charge on any atom is -0.232 e. The van der Waals surface area contributed by atoms with Crippen molar-refractivity contribution in [2.45, 2.75) is 46.0 Å². The topological polar surface area (TPSA) is 16.8 Å². The van der Waals surface area contributed by atoms with Gasteiger partial charge in [-0.05, 0) is 67.8 Å². The fraction of sp³-hybridized carbons (Fsp3) is 0.364. The van der Waals surface area contributed by atoms with Gasteiger partial charge in [0.25, 0.3) is 6.33 Å². The van der Waals surface area contributed by atoms with Crippen LogP contribution < -0.4 is 4.57 Å². The minimum atomic E-state index is 0.696. The molecule has 0 N–H and O–H groups in total. The molecule has 1 heterocycles. The van der Waals surface area contributed by atoms with Gasteiger partial charge in [0.1, 0.15) is 5.69 Å². The Morgan fingerprint density at radius 2 is 1.88 bits per heavy atom. The van der Waals surface area contributed by atoms with E-state index in [1.54, 1.807) is 0 Å². The van der Waals surface area contributed by atoms with E-state index in [-0.39, 0.29) is 0 Å². The standard InChI is InChI=1S/C22H25N2/c1-14-11-15(2)16(3)20(12-14)22-19-10-6-9-18(17-7-5-8-17)21(19)23-13-24(22)4/h6,9-13,17H,5,7-8H2,1-4H3/q+1. The molecule has 1 fully saturated rings. The second kappa shape index (κ2) is 5.70. The molecule has 2 heteroatoms. The summed E-state index contributed by atoms with van der Waals surface area (Å²) in [5.74, 6) is 0.696. The largest absolute Gasteiger partial charge is 0.287 e. The van der Waals surface area contributed by atoms with Gasteiger partial charge in [-0.25, -0.2) is 4.57 Å². The van der Waals surface area contributed by atoms with Crippen molar-refractivity contribution in [2.24, 2.45) is 7.05 Å². The molecular weight excluding hydrogens is 292 g/mol. The number of aromatic nitrogens is 2. The van der Waals surface area contributed by atoms with Crippen LogP contribution in [0.4, 0.5) is 0 Å². The van der Waals surface area contributed by atoms with Crippen LogP contribution in [0.3, 0.4) is 0 Å². The summed E-state index contributed by atoms with van der Waals surface area (Å²) >= 11 is 0. The molecule has 2 nitrogen and oxygen atoms in total. The van der Waals surface area contributed by atoms with Crippen molar-refractivity contribution in [3.8, 4) is 11.3 Å². The highest BCUT2D eigenvalue weighted by Crippen LogP contribution is 2.40. The van der Waals surface area contributed by atoms with Gasteiger partial charge in [-0.2, -0.15) is 0 Å². The van der Waals surface area contributed by atoms with Crippen molar-refractivity contribution >= 4 is 10.9 Å². The van der Waals surface area contributed by atoms with Crippen molar-refractivity contribution in [1.82, 2.24) is 4.98 Å². The fourth-order valence-corrected chi connectivity index (χ4v) is 3.96. The van der Waals surface area contributed by atoms with E-state index in [0.29, 0.717) is 5.92 Å². The van der Waals surface area contributed by atoms with Gasteiger partial charge in [0.15, 0.2) is 5.52 Å². The molecule has 1 aliphatic carbocycles. The molecule has 4 rings (SSSR count). The number of aryl methyl sites for hydroxylation is 3. The predicted octanol–water partition coefficient (Wildman–Crippen LogP) is 4.92. The third-order valence-corrected chi connectivity index (χ3v) is 5.65. The summed E-state index contributed by atoms with van der Waals surface area (Å²) in [6.45, 7) is 6.61. The van der Waals surface area contributed by atoms with Crippen LogP contribution in [0.5, 0.6) is 0 Å². The highest BCUT2D eigenvalue weighted by molar-refractivity contribution is 5.93. The third kappa shape index (κ3) is 2.32. The van der Waals surface area contributed by atoms with E-state index in [1.165, 1.54) is 63.7 Å². The van der Waals surface area contributed by atoms with Crippen LogP contribution in [0.25, 0.3) is 22.2 Å². The molecule has 0 unspecified atom stereocenters. The quantitative estimate of drug-likeness (QED) is 0.613. The molecule has 1 aromatic heterocycles. The smallest absolute Gasteiger partial charge is 0.232 e. The van der Waals surface area contributed by atoms with Crippen LogP contribution in [0.15, 0.2) is 36.7 Å². The number of rotatable bonds is 2. The van der Waals surface area contributed by atoms with Gasteiger partial charge in [0.2, 0.25) is 0 Å². The molecule has 0 aliphatic heterocycles. The molecule has 1 saturated carbocycles. The Morgan fingerprint density at radius 3 is 2.58 bits per heavy atom. The third-order valence-electron chi connectivity index (χ3n) is 5.65. The summed E-state index contributed by atoms with van der Waals surface area (Å²) < 4.78 is 2.17. The first-order valence-electron chi connectivity index (χ1n) is 8.91. The van der Waals surface area contributed by atoms with Gasteiger partial charge in [-0.15, -0.1) is 0 Å². The van der Waals surface area contributed by atoms with E-state index in [4.69, 9.17) is 4.98 Å². The summed E-state index contributed by atoms with van der Waals surface area (Å²) in [6.07, 6.45) is 5.95. The molecule has 0 amide bonds. The molecule has 3 aromatic rings. The zero-order valence-electron chi connectivity index (χ0n) is 15.1. The van der Waals surface area contributed by atoms with E-state index in [1.807, 2.05) is 6.33 Å². The Labute approximate surface area is 144 Å². The molecule has 24 heavy (non-hydrogen) atoms. The maximum Gasteiger partial charge on any atom is 0.287 e. The van der Waals surface area contributed by atoms with Crippen LogP contribution in [-0.2, 0) is 7.05 Å². The Balaban J connectivity index is 2.04. The maximum atomic E-state index is 4.81. The highest BCUT2D eigenvalue weighted by Gasteiger charge is 2.26. The lowest BCUT2D eigenvalue weighted by molar-refractivity contribution is -0.662. The lowest BCUT2D eigenvalue weighted by atomic mass is 9.79. The minimum absolute atomic E-state index is 0.696.